The molecule has 234 valence electrons. The standard InChI is InChI=1S/C22H34F3NO7S2.C5H12/c1-19(2,3)15-21(7,20(4,5)6)18(27)33-14-8-13-32-16-9-11-17(12-10-16)34(28,29)26-35(30,31)22(23,24)25;1-5(2,3)4/h9-12,26H,8,13-15H2,1-7H3;1-4H3. The summed E-state index contributed by atoms with van der Waals surface area (Å²) in [5.74, 6) is -0.114. The topological polar surface area (TPSA) is 116 Å². The Morgan fingerprint density at radius 3 is 1.62 bits per heavy atom. The van der Waals surface area contributed by atoms with Crippen LogP contribution in [0.1, 0.15) is 89.0 Å². The lowest BCUT2D eigenvalue weighted by Gasteiger charge is -2.43. The molecule has 1 unspecified atom stereocenters. The van der Waals surface area contributed by atoms with Crippen LogP contribution in [0.25, 0.3) is 0 Å². The van der Waals surface area contributed by atoms with Gasteiger partial charge in [-0.15, -0.1) is 0 Å². The number of sulfonamides is 2. The largest absolute Gasteiger partial charge is 0.512 e. The molecule has 1 atom stereocenters. The van der Waals surface area contributed by atoms with Gasteiger partial charge in [0.2, 0.25) is 0 Å². The summed E-state index contributed by atoms with van der Waals surface area (Å²) < 4.78 is 94.9. The van der Waals surface area contributed by atoms with Crippen LogP contribution >= 0.6 is 0 Å². The number of hydrogen-bond acceptors (Lipinski definition) is 7. The Kier molecular flexibility index (Phi) is 12.8. The molecule has 0 aliphatic rings. The van der Waals surface area contributed by atoms with Crippen LogP contribution in [0.5, 0.6) is 5.75 Å². The van der Waals surface area contributed by atoms with Crippen LogP contribution < -0.4 is 8.86 Å². The molecule has 0 aromatic heterocycles. The Hall–Kier alpha value is -1.86. The van der Waals surface area contributed by atoms with Crippen molar-refractivity contribution in [2.24, 2.45) is 21.7 Å². The van der Waals surface area contributed by atoms with Gasteiger partial charge in [0.15, 0.2) is 0 Å². The first-order valence-corrected chi connectivity index (χ1v) is 15.7. The Morgan fingerprint density at radius 2 is 1.25 bits per heavy atom. The highest BCUT2D eigenvalue weighted by Gasteiger charge is 2.49. The molecule has 0 amide bonds. The Labute approximate surface area is 238 Å². The van der Waals surface area contributed by atoms with Crippen molar-refractivity contribution in [3.05, 3.63) is 24.3 Å². The third kappa shape index (κ3) is 13.2. The number of ether oxygens (including phenoxy) is 2. The number of hydrogen-bond donors (Lipinski definition) is 1. The van der Waals surface area contributed by atoms with Crippen molar-refractivity contribution < 1.29 is 44.3 Å². The maximum Gasteiger partial charge on any atom is 0.512 e. The van der Waals surface area contributed by atoms with Crippen LogP contribution in [0.15, 0.2) is 29.2 Å². The van der Waals surface area contributed by atoms with Crippen molar-refractivity contribution >= 4 is 26.0 Å². The van der Waals surface area contributed by atoms with Gasteiger partial charge in [0.25, 0.3) is 10.0 Å². The molecule has 0 aliphatic carbocycles. The molecule has 0 radical (unpaired) electrons. The highest BCUT2D eigenvalue weighted by atomic mass is 32.3. The molecule has 1 rings (SSSR count). The second-order valence-corrected chi connectivity index (χ2v) is 17.3. The molecule has 8 nitrogen and oxygen atoms in total. The number of benzene rings is 1. The zero-order valence-corrected chi connectivity index (χ0v) is 27.1. The van der Waals surface area contributed by atoms with Gasteiger partial charge >= 0.3 is 21.5 Å². The molecular formula is C27H46F3NO7S2. The van der Waals surface area contributed by atoms with Crippen LogP contribution in [0.2, 0.25) is 0 Å². The van der Waals surface area contributed by atoms with Crippen molar-refractivity contribution in [3.63, 3.8) is 0 Å². The Balaban J connectivity index is 0.00000277. The van der Waals surface area contributed by atoms with Gasteiger partial charge in [-0.25, -0.2) is 16.8 Å². The van der Waals surface area contributed by atoms with Crippen molar-refractivity contribution in [1.82, 2.24) is 4.13 Å². The molecule has 0 bridgehead atoms. The fourth-order valence-corrected chi connectivity index (χ4v) is 5.64. The molecular weight excluding hydrogens is 571 g/mol. The van der Waals surface area contributed by atoms with Crippen LogP contribution in [-0.4, -0.2) is 41.5 Å². The maximum absolute atomic E-state index is 12.9. The van der Waals surface area contributed by atoms with Gasteiger partial charge in [-0.05, 0) is 53.9 Å². The highest BCUT2D eigenvalue weighted by molar-refractivity contribution is 8.05. The van der Waals surface area contributed by atoms with E-state index in [0.717, 1.165) is 12.1 Å². The zero-order chi connectivity index (χ0) is 32.0. The van der Waals surface area contributed by atoms with E-state index in [4.69, 9.17) is 9.47 Å². The number of nitrogens with one attached hydrogen (secondary N) is 1. The average molecular weight is 618 g/mol. The summed E-state index contributed by atoms with van der Waals surface area (Å²) in [5, 5.41) is 0. The first-order chi connectivity index (χ1) is 17.5. The fourth-order valence-electron chi connectivity index (χ4n) is 3.23. The van der Waals surface area contributed by atoms with Crippen molar-refractivity contribution in [3.8, 4) is 5.75 Å². The van der Waals surface area contributed by atoms with E-state index in [2.05, 4.69) is 48.5 Å². The summed E-state index contributed by atoms with van der Waals surface area (Å²) in [6.45, 7) is 23.0. The monoisotopic (exact) mass is 617 g/mol. The Morgan fingerprint density at radius 1 is 0.800 bits per heavy atom. The van der Waals surface area contributed by atoms with E-state index in [1.165, 1.54) is 12.1 Å². The van der Waals surface area contributed by atoms with Crippen molar-refractivity contribution in [1.29, 1.82) is 0 Å². The first-order valence-electron chi connectivity index (χ1n) is 12.8. The number of alkyl halides is 3. The van der Waals surface area contributed by atoms with Gasteiger partial charge in [0.1, 0.15) is 5.75 Å². The molecule has 1 aromatic rings. The number of esters is 1. The van der Waals surface area contributed by atoms with E-state index < -0.39 is 35.9 Å². The van der Waals surface area contributed by atoms with Crippen LogP contribution in [0.3, 0.4) is 0 Å². The fraction of sp³-hybridized carbons (Fsp3) is 0.741. The van der Waals surface area contributed by atoms with Gasteiger partial charge in [0.05, 0.1) is 23.5 Å². The van der Waals surface area contributed by atoms with E-state index in [1.807, 2.05) is 27.7 Å². The van der Waals surface area contributed by atoms with Crippen LogP contribution in [-0.2, 0) is 29.6 Å². The van der Waals surface area contributed by atoms with Gasteiger partial charge in [0, 0.05) is 6.42 Å². The quantitative estimate of drug-likeness (QED) is 0.230. The molecule has 0 spiro atoms. The van der Waals surface area contributed by atoms with Crippen LogP contribution in [0.4, 0.5) is 13.2 Å². The third-order valence-electron chi connectivity index (χ3n) is 5.44. The lowest BCUT2D eigenvalue weighted by Crippen LogP contribution is -2.44. The summed E-state index contributed by atoms with van der Waals surface area (Å²) >= 11 is 0. The van der Waals surface area contributed by atoms with Crippen LogP contribution in [0, 0.1) is 21.7 Å². The summed E-state index contributed by atoms with van der Waals surface area (Å²) in [6.07, 6.45) is 0.972. The van der Waals surface area contributed by atoms with Gasteiger partial charge < -0.3 is 9.47 Å². The number of carbonyl (C=O) groups excluding carboxylic acids is 1. The SMILES string of the molecule is CC(C)(C)C.CC(C)(C)CC(C)(C(=O)OCCCOc1ccc(S(=O)(=O)NS(=O)(=O)C(F)(F)F)cc1)C(C)(C)C. The normalized spacial score (nSPS) is 14.9. The summed E-state index contributed by atoms with van der Waals surface area (Å²) in [5.41, 5.74) is -6.40. The number of rotatable bonds is 10. The molecule has 0 saturated heterocycles. The average Bonchev–Trinajstić information content (AvgIpc) is 2.68. The molecule has 1 aromatic carbocycles. The summed E-state index contributed by atoms with van der Waals surface area (Å²) in [7, 11) is -11.0. The molecule has 0 saturated carbocycles. The first kappa shape index (κ1) is 38.1. The van der Waals surface area contributed by atoms with Gasteiger partial charge in [-0.2, -0.15) is 13.2 Å². The van der Waals surface area contributed by atoms with E-state index >= 15 is 0 Å². The Bertz CT molecular complexity index is 1170. The smallest absolute Gasteiger partial charge is 0.493 e. The van der Waals surface area contributed by atoms with Gasteiger partial charge in [-0.3, -0.25) is 4.79 Å². The number of halogens is 3. The molecule has 13 heteroatoms. The second kappa shape index (κ2) is 13.4. The zero-order valence-electron chi connectivity index (χ0n) is 25.4. The van der Waals surface area contributed by atoms with E-state index in [1.54, 1.807) is 0 Å². The highest BCUT2D eigenvalue weighted by Crippen LogP contribution is 2.47. The minimum absolute atomic E-state index is 0.0870. The second-order valence-electron chi connectivity index (χ2n) is 13.7. The lowest BCUT2D eigenvalue weighted by molar-refractivity contribution is -0.165. The van der Waals surface area contributed by atoms with E-state index in [0.29, 0.717) is 22.4 Å². The summed E-state index contributed by atoms with van der Waals surface area (Å²) in [4.78, 5) is 12.2. The third-order valence-corrected chi connectivity index (χ3v) is 8.70. The van der Waals surface area contributed by atoms with Crippen molar-refractivity contribution in [2.45, 2.75) is 99.4 Å². The molecule has 40 heavy (non-hydrogen) atoms. The number of carbonyl (C=O) groups is 1. The van der Waals surface area contributed by atoms with Gasteiger partial charge in [-0.1, -0.05) is 73.4 Å². The molecule has 0 fully saturated rings. The summed E-state index contributed by atoms with van der Waals surface area (Å²) in [6, 6.07) is 4.15. The predicted octanol–water partition coefficient (Wildman–Crippen LogP) is 6.67. The lowest BCUT2D eigenvalue weighted by atomic mass is 9.61. The van der Waals surface area contributed by atoms with Crippen molar-refractivity contribution in [2.75, 3.05) is 13.2 Å². The minimum Gasteiger partial charge on any atom is -0.493 e. The predicted molar refractivity (Wildman–Crippen MR) is 150 cm³/mol. The molecule has 0 heterocycles. The van der Waals surface area contributed by atoms with E-state index in [-0.39, 0.29) is 35.8 Å². The minimum atomic E-state index is -6.08. The maximum atomic E-state index is 12.9. The molecule has 0 aliphatic heterocycles. The molecule has 1 N–H and O–H groups in total. The van der Waals surface area contributed by atoms with E-state index in [9.17, 15) is 34.8 Å².